The van der Waals surface area contributed by atoms with Gasteiger partial charge in [-0.25, -0.2) is 9.97 Å². The van der Waals surface area contributed by atoms with Crippen LogP contribution in [0.15, 0.2) is 24.5 Å². The molecule has 0 spiro atoms. The lowest BCUT2D eigenvalue weighted by molar-refractivity contribution is 0.293. The Morgan fingerprint density at radius 1 is 1.19 bits per heavy atom. The van der Waals surface area contributed by atoms with Gasteiger partial charge in [0.25, 0.3) is 0 Å². The smallest absolute Gasteiger partial charge is 0.234 e. The predicted molar refractivity (Wildman–Crippen MR) is 98.2 cm³/mol. The van der Waals surface area contributed by atoms with Gasteiger partial charge in [-0.05, 0) is 18.9 Å². The van der Waals surface area contributed by atoms with Gasteiger partial charge in [0.05, 0.1) is 31.2 Å². The zero-order chi connectivity index (χ0) is 18.2. The van der Waals surface area contributed by atoms with E-state index in [1.807, 2.05) is 23.1 Å². The van der Waals surface area contributed by atoms with E-state index in [1.165, 1.54) is 6.20 Å². The molecule has 0 radical (unpaired) electrons. The van der Waals surface area contributed by atoms with Gasteiger partial charge >= 0.3 is 0 Å². The second-order valence-electron chi connectivity index (χ2n) is 5.80. The van der Waals surface area contributed by atoms with Crippen molar-refractivity contribution >= 4 is 23.1 Å². The van der Waals surface area contributed by atoms with Crippen LogP contribution in [0, 0.1) is 11.3 Å². The minimum atomic E-state index is 0.112. The predicted octanol–water partition coefficient (Wildman–Crippen LogP) is 3.45. The van der Waals surface area contributed by atoms with Crippen LogP contribution in [0.5, 0.6) is 11.6 Å². The molecule has 0 fully saturated rings. The molecule has 0 saturated heterocycles. The first-order valence-corrected chi connectivity index (χ1v) is 9.17. The number of fused-ring (bicyclic) bond motifs is 1. The molecule has 7 nitrogen and oxygen atoms in total. The average molecular weight is 374 g/mol. The van der Waals surface area contributed by atoms with Crippen LogP contribution in [-0.4, -0.2) is 40.6 Å². The molecule has 2 aromatic rings. The zero-order valence-corrected chi connectivity index (χ0v) is 15.2. The van der Waals surface area contributed by atoms with Gasteiger partial charge in [0.2, 0.25) is 11.7 Å². The monoisotopic (exact) mass is 373 g/mol. The lowest BCUT2D eigenvalue weighted by Gasteiger charge is -2.29. The van der Waals surface area contributed by atoms with E-state index < -0.39 is 0 Å². The Kier molecular flexibility index (Phi) is 6.45. The second kappa shape index (κ2) is 9.20. The Bertz CT molecular complexity index is 763. The summed E-state index contributed by atoms with van der Waals surface area (Å²) in [5.74, 6) is 2.57. The van der Waals surface area contributed by atoms with Crippen molar-refractivity contribution in [3.05, 3.63) is 30.4 Å². The number of unbranched alkanes of at least 4 members (excludes halogenated alkanes) is 3. The maximum absolute atomic E-state index is 9.01. The van der Waals surface area contributed by atoms with Gasteiger partial charge in [0.15, 0.2) is 11.6 Å². The van der Waals surface area contributed by atoms with E-state index in [9.17, 15) is 0 Å². The van der Waals surface area contributed by atoms with Crippen LogP contribution in [0.3, 0.4) is 0 Å². The molecule has 8 heteroatoms. The van der Waals surface area contributed by atoms with Gasteiger partial charge in [-0.1, -0.05) is 12.8 Å². The van der Waals surface area contributed by atoms with Crippen LogP contribution in [-0.2, 0) is 0 Å². The van der Waals surface area contributed by atoms with Crippen LogP contribution in [0.2, 0.25) is 0 Å². The Morgan fingerprint density at radius 2 is 2.08 bits per heavy atom. The van der Waals surface area contributed by atoms with Gasteiger partial charge in [-0.3, -0.25) is 0 Å². The van der Waals surface area contributed by atoms with Crippen molar-refractivity contribution < 1.29 is 9.47 Å². The molecular weight excluding hydrogens is 354 g/mol. The van der Waals surface area contributed by atoms with Crippen LogP contribution < -0.4 is 14.4 Å². The maximum atomic E-state index is 9.01. The summed E-state index contributed by atoms with van der Waals surface area (Å²) < 4.78 is 11.2. The van der Waals surface area contributed by atoms with Crippen molar-refractivity contribution in [1.29, 1.82) is 5.26 Å². The molecule has 0 atom stereocenters. The summed E-state index contributed by atoms with van der Waals surface area (Å²) in [6, 6.07) is 5.72. The number of hydrogen-bond donors (Lipinski definition) is 0. The molecule has 3 heterocycles. The summed E-state index contributed by atoms with van der Waals surface area (Å²) in [6.45, 7) is 1.79. The maximum Gasteiger partial charge on any atom is 0.234 e. The fourth-order valence-electron chi connectivity index (χ4n) is 2.66. The summed E-state index contributed by atoms with van der Waals surface area (Å²) in [4.78, 5) is 14.5. The minimum Gasteiger partial charge on any atom is -0.486 e. The first kappa shape index (κ1) is 18.2. The number of hydrogen-bond acceptors (Lipinski definition) is 7. The van der Waals surface area contributed by atoms with Crippen molar-refractivity contribution in [3.8, 4) is 17.7 Å². The summed E-state index contributed by atoms with van der Waals surface area (Å²) in [5.41, 5.74) is 0.867. The first-order chi connectivity index (χ1) is 12.8. The zero-order valence-electron chi connectivity index (χ0n) is 14.4. The number of aromatic nitrogens is 3. The fraction of sp³-hybridized carbons (Fsp3) is 0.444. The van der Waals surface area contributed by atoms with Crippen LogP contribution >= 0.6 is 11.6 Å². The lowest BCUT2D eigenvalue weighted by atomic mass is 10.2. The standard InChI is InChI=1S/C18H20ClN5O2/c19-7-3-1-2-4-9-26-17-6-5-14(12-22-17)24-8-10-25-15-13-21-16(11-20)23-18(15)24/h5-6,12-13H,1-4,7-10H2. The van der Waals surface area contributed by atoms with E-state index in [0.717, 1.165) is 37.3 Å². The Balaban J connectivity index is 1.62. The van der Waals surface area contributed by atoms with Crippen LogP contribution in [0.4, 0.5) is 11.5 Å². The summed E-state index contributed by atoms with van der Waals surface area (Å²) in [7, 11) is 0. The fourth-order valence-corrected chi connectivity index (χ4v) is 2.85. The van der Waals surface area contributed by atoms with Crippen molar-refractivity contribution in [3.63, 3.8) is 0 Å². The third-order valence-corrected chi connectivity index (χ3v) is 4.24. The number of pyridine rings is 1. The number of anilines is 2. The molecule has 0 saturated carbocycles. The first-order valence-electron chi connectivity index (χ1n) is 8.64. The van der Waals surface area contributed by atoms with Crippen molar-refractivity contribution in [2.75, 3.05) is 30.5 Å². The SMILES string of the molecule is N#Cc1ncc2c(n1)N(c1ccc(OCCCCCCCl)nc1)CCO2. The van der Waals surface area contributed by atoms with Crippen LogP contribution in [0.1, 0.15) is 31.5 Å². The molecule has 3 rings (SSSR count). The molecule has 0 aromatic carbocycles. The summed E-state index contributed by atoms with van der Waals surface area (Å²) in [5, 5.41) is 9.01. The van der Waals surface area contributed by atoms with Crippen molar-refractivity contribution in [2.24, 2.45) is 0 Å². The number of halogens is 1. The van der Waals surface area contributed by atoms with Gasteiger partial charge in [-0.15, -0.1) is 11.6 Å². The number of rotatable bonds is 8. The van der Waals surface area contributed by atoms with Gasteiger partial charge in [0, 0.05) is 11.9 Å². The molecule has 1 aliphatic heterocycles. The molecule has 0 bridgehead atoms. The molecule has 136 valence electrons. The highest BCUT2D eigenvalue weighted by atomic mass is 35.5. The minimum absolute atomic E-state index is 0.112. The average Bonchev–Trinajstić information content (AvgIpc) is 2.70. The van der Waals surface area contributed by atoms with E-state index in [1.54, 1.807) is 6.20 Å². The molecular formula is C18H20ClN5O2. The summed E-state index contributed by atoms with van der Waals surface area (Å²) >= 11 is 5.66. The van der Waals surface area contributed by atoms with E-state index >= 15 is 0 Å². The van der Waals surface area contributed by atoms with Crippen molar-refractivity contribution in [2.45, 2.75) is 25.7 Å². The van der Waals surface area contributed by atoms with Gasteiger partial charge in [0.1, 0.15) is 12.7 Å². The van der Waals surface area contributed by atoms with E-state index in [0.29, 0.717) is 37.2 Å². The molecule has 26 heavy (non-hydrogen) atoms. The molecule has 0 N–H and O–H groups in total. The molecule has 0 unspecified atom stereocenters. The second-order valence-corrected chi connectivity index (χ2v) is 6.18. The molecule has 1 aliphatic rings. The third kappa shape index (κ3) is 4.52. The Labute approximate surface area is 157 Å². The van der Waals surface area contributed by atoms with E-state index in [-0.39, 0.29) is 5.82 Å². The van der Waals surface area contributed by atoms with Gasteiger partial charge in [-0.2, -0.15) is 10.2 Å². The highest BCUT2D eigenvalue weighted by Gasteiger charge is 2.22. The lowest BCUT2D eigenvalue weighted by Crippen LogP contribution is -2.30. The van der Waals surface area contributed by atoms with E-state index in [2.05, 4.69) is 15.0 Å². The number of nitrogens with zero attached hydrogens (tertiary/aromatic N) is 5. The topological polar surface area (TPSA) is 84.2 Å². The summed E-state index contributed by atoms with van der Waals surface area (Å²) in [6.07, 6.45) is 7.55. The molecule has 0 aliphatic carbocycles. The Hall–Kier alpha value is -2.59. The molecule has 2 aromatic heterocycles. The van der Waals surface area contributed by atoms with Gasteiger partial charge < -0.3 is 14.4 Å². The Morgan fingerprint density at radius 3 is 2.85 bits per heavy atom. The van der Waals surface area contributed by atoms with Crippen LogP contribution in [0.25, 0.3) is 0 Å². The number of nitriles is 1. The number of alkyl halides is 1. The van der Waals surface area contributed by atoms with Crippen molar-refractivity contribution in [1.82, 2.24) is 15.0 Å². The number of ether oxygens (including phenoxy) is 2. The molecule has 0 amide bonds. The van der Waals surface area contributed by atoms with E-state index in [4.69, 9.17) is 26.3 Å². The largest absolute Gasteiger partial charge is 0.486 e. The quantitative estimate of drug-likeness (QED) is 0.517. The normalized spacial score (nSPS) is 12.8. The highest BCUT2D eigenvalue weighted by Crippen LogP contribution is 2.34. The third-order valence-electron chi connectivity index (χ3n) is 3.97. The highest BCUT2D eigenvalue weighted by molar-refractivity contribution is 6.17.